The normalized spacial score (nSPS) is 20.8. The zero-order valence-corrected chi connectivity index (χ0v) is 17.5. The van der Waals surface area contributed by atoms with Crippen LogP contribution in [0.1, 0.15) is 48.5 Å². The summed E-state index contributed by atoms with van der Waals surface area (Å²) in [4.78, 5) is 33.3. The van der Waals surface area contributed by atoms with Crippen LogP contribution in [0.3, 0.4) is 0 Å². The van der Waals surface area contributed by atoms with E-state index in [-0.39, 0.29) is 35.8 Å². The Bertz CT molecular complexity index is 984. The molecular weight excluding hydrogens is 407 g/mol. The van der Waals surface area contributed by atoms with E-state index in [9.17, 15) is 22.8 Å². The molecule has 2 aliphatic rings. The molecule has 2 saturated heterocycles. The molecule has 0 aliphatic carbocycles. The number of rotatable bonds is 2. The minimum atomic E-state index is -4.67. The Balaban J connectivity index is 1.50. The van der Waals surface area contributed by atoms with Crippen molar-refractivity contribution in [2.75, 3.05) is 26.2 Å². The molecule has 1 unspecified atom stereocenters. The van der Waals surface area contributed by atoms with Gasteiger partial charge in [0.05, 0.1) is 16.6 Å². The number of fused-ring (bicyclic) bond motifs is 1. The lowest BCUT2D eigenvalue weighted by Gasteiger charge is -2.37. The van der Waals surface area contributed by atoms with Crippen molar-refractivity contribution < 1.29 is 22.8 Å². The van der Waals surface area contributed by atoms with E-state index in [0.717, 1.165) is 32.1 Å². The van der Waals surface area contributed by atoms with Crippen molar-refractivity contribution >= 4 is 22.7 Å². The van der Waals surface area contributed by atoms with Gasteiger partial charge in [0.15, 0.2) is 0 Å². The van der Waals surface area contributed by atoms with Gasteiger partial charge in [0.1, 0.15) is 0 Å². The number of nitrogens with zero attached hydrogens (tertiary/aromatic N) is 3. The van der Waals surface area contributed by atoms with Crippen LogP contribution in [0.2, 0.25) is 0 Å². The van der Waals surface area contributed by atoms with Gasteiger partial charge in [-0.25, -0.2) is 0 Å². The highest BCUT2D eigenvalue weighted by atomic mass is 19.4. The third-order valence-corrected chi connectivity index (χ3v) is 6.39. The van der Waals surface area contributed by atoms with Gasteiger partial charge < -0.3 is 9.80 Å². The van der Waals surface area contributed by atoms with E-state index in [1.54, 1.807) is 6.07 Å². The molecule has 0 bridgehead atoms. The Kier molecular flexibility index (Phi) is 5.90. The van der Waals surface area contributed by atoms with Gasteiger partial charge in [-0.05, 0) is 37.7 Å². The van der Waals surface area contributed by atoms with Crippen molar-refractivity contribution in [3.8, 4) is 0 Å². The molecule has 1 aromatic carbocycles. The van der Waals surface area contributed by atoms with Crippen LogP contribution >= 0.6 is 0 Å². The second-order valence-electron chi connectivity index (χ2n) is 8.66. The highest BCUT2D eigenvalue weighted by Crippen LogP contribution is 2.37. The highest BCUT2D eigenvalue weighted by molar-refractivity contribution is 6.00. The molecule has 8 heteroatoms. The predicted octanol–water partition coefficient (Wildman–Crippen LogP) is 4.36. The van der Waals surface area contributed by atoms with Crippen molar-refractivity contribution in [2.45, 2.75) is 38.8 Å². The molecule has 31 heavy (non-hydrogen) atoms. The van der Waals surface area contributed by atoms with E-state index >= 15 is 0 Å². The van der Waals surface area contributed by atoms with Gasteiger partial charge in [0.2, 0.25) is 5.91 Å². The van der Waals surface area contributed by atoms with Gasteiger partial charge >= 0.3 is 6.18 Å². The number of carbonyl (C=O) groups excluding carboxylic acids is 2. The number of aromatic nitrogens is 1. The summed E-state index contributed by atoms with van der Waals surface area (Å²) in [6.45, 7) is 4.19. The zero-order chi connectivity index (χ0) is 22.2. The van der Waals surface area contributed by atoms with Crippen LogP contribution in [-0.4, -0.2) is 52.8 Å². The molecule has 5 nitrogen and oxygen atoms in total. The molecule has 2 amide bonds. The van der Waals surface area contributed by atoms with Crippen LogP contribution in [0, 0.1) is 11.8 Å². The SMILES string of the molecule is CC1CCCN(C(=O)C2CCN(C(=O)c3cnc4ccccc4c3C(F)(F)F)CC2)C1. The zero-order valence-electron chi connectivity index (χ0n) is 17.5. The van der Waals surface area contributed by atoms with E-state index < -0.39 is 23.2 Å². The third kappa shape index (κ3) is 4.38. The van der Waals surface area contributed by atoms with Crippen molar-refractivity contribution in [1.29, 1.82) is 0 Å². The van der Waals surface area contributed by atoms with Crippen molar-refractivity contribution in [2.24, 2.45) is 11.8 Å². The van der Waals surface area contributed by atoms with E-state index in [1.165, 1.54) is 23.1 Å². The minimum Gasteiger partial charge on any atom is -0.342 e. The van der Waals surface area contributed by atoms with Gasteiger partial charge in [0, 0.05) is 43.7 Å². The summed E-state index contributed by atoms with van der Waals surface area (Å²) in [5.74, 6) is -0.253. The van der Waals surface area contributed by atoms with Crippen LogP contribution in [0.25, 0.3) is 10.9 Å². The van der Waals surface area contributed by atoms with Gasteiger partial charge in [-0.3, -0.25) is 14.6 Å². The summed E-state index contributed by atoms with van der Waals surface area (Å²) in [6.07, 6.45) is -0.584. The smallest absolute Gasteiger partial charge is 0.342 e. The number of piperidine rings is 2. The number of para-hydroxylation sites is 1. The lowest BCUT2D eigenvalue weighted by molar-refractivity contribution is -0.138. The summed E-state index contributed by atoms with van der Waals surface area (Å²) >= 11 is 0. The summed E-state index contributed by atoms with van der Waals surface area (Å²) < 4.78 is 41.6. The number of benzene rings is 1. The van der Waals surface area contributed by atoms with Gasteiger partial charge in [0.25, 0.3) is 5.91 Å². The minimum absolute atomic E-state index is 0.0786. The van der Waals surface area contributed by atoms with Crippen molar-refractivity contribution in [1.82, 2.24) is 14.8 Å². The van der Waals surface area contributed by atoms with E-state index in [1.807, 2.05) is 4.90 Å². The molecule has 2 aliphatic heterocycles. The fourth-order valence-electron chi connectivity index (χ4n) is 4.76. The third-order valence-electron chi connectivity index (χ3n) is 6.39. The standard InChI is InChI=1S/C23H26F3N3O2/c1-15-5-4-10-29(14-15)21(30)16-8-11-28(12-9-16)22(31)18-13-27-19-7-3-2-6-17(19)20(18)23(24,25)26/h2-3,6-7,13,15-16H,4-5,8-12,14H2,1H3. The molecule has 0 saturated carbocycles. The molecule has 3 heterocycles. The van der Waals surface area contributed by atoms with Crippen LogP contribution in [0.5, 0.6) is 0 Å². The fraction of sp³-hybridized carbons (Fsp3) is 0.522. The molecule has 4 rings (SSSR count). The fourth-order valence-corrected chi connectivity index (χ4v) is 4.76. The average molecular weight is 433 g/mol. The second-order valence-corrected chi connectivity index (χ2v) is 8.66. The molecule has 2 aromatic rings. The summed E-state index contributed by atoms with van der Waals surface area (Å²) in [7, 11) is 0. The molecule has 2 fully saturated rings. The van der Waals surface area contributed by atoms with Crippen molar-refractivity contribution in [3.63, 3.8) is 0 Å². The Morgan fingerprint density at radius 2 is 1.74 bits per heavy atom. The summed E-state index contributed by atoms with van der Waals surface area (Å²) in [6, 6.07) is 5.96. The molecule has 0 radical (unpaired) electrons. The monoisotopic (exact) mass is 433 g/mol. The molecule has 1 atom stereocenters. The Morgan fingerprint density at radius 3 is 2.42 bits per heavy atom. The van der Waals surface area contributed by atoms with E-state index in [2.05, 4.69) is 11.9 Å². The number of carbonyl (C=O) groups is 2. The van der Waals surface area contributed by atoms with Gasteiger partial charge in [-0.2, -0.15) is 13.2 Å². The number of likely N-dealkylation sites (tertiary alicyclic amines) is 2. The van der Waals surface area contributed by atoms with Gasteiger partial charge in [-0.15, -0.1) is 0 Å². The quantitative estimate of drug-likeness (QED) is 0.707. The topological polar surface area (TPSA) is 53.5 Å². The first kappa shape index (κ1) is 21.6. The Labute approximate surface area is 179 Å². The van der Waals surface area contributed by atoms with Gasteiger partial charge in [-0.1, -0.05) is 25.1 Å². The number of amides is 2. The number of hydrogen-bond acceptors (Lipinski definition) is 3. The number of halogens is 3. The highest BCUT2D eigenvalue weighted by Gasteiger charge is 2.39. The maximum atomic E-state index is 13.9. The molecule has 1 aromatic heterocycles. The summed E-state index contributed by atoms with van der Waals surface area (Å²) in [5, 5.41) is -0.0786. The second kappa shape index (κ2) is 8.48. The lowest BCUT2D eigenvalue weighted by Crippen LogP contribution is -2.47. The molecule has 0 spiro atoms. The maximum absolute atomic E-state index is 13.9. The van der Waals surface area contributed by atoms with E-state index in [0.29, 0.717) is 18.8 Å². The Hall–Kier alpha value is -2.64. The van der Waals surface area contributed by atoms with Crippen LogP contribution < -0.4 is 0 Å². The first-order chi connectivity index (χ1) is 14.8. The van der Waals surface area contributed by atoms with Crippen LogP contribution in [0.4, 0.5) is 13.2 Å². The molecule has 166 valence electrons. The van der Waals surface area contributed by atoms with Crippen molar-refractivity contribution in [3.05, 3.63) is 41.6 Å². The maximum Gasteiger partial charge on any atom is 0.417 e. The molecular formula is C23H26F3N3O2. The lowest BCUT2D eigenvalue weighted by atomic mass is 9.92. The first-order valence-electron chi connectivity index (χ1n) is 10.8. The summed E-state index contributed by atoms with van der Waals surface area (Å²) in [5.41, 5.74) is -1.17. The predicted molar refractivity (Wildman–Crippen MR) is 110 cm³/mol. The van der Waals surface area contributed by atoms with E-state index in [4.69, 9.17) is 0 Å². The van der Waals surface area contributed by atoms with Crippen LogP contribution in [-0.2, 0) is 11.0 Å². The number of pyridine rings is 1. The first-order valence-corrected chi connectivity index (χ1v) is 10.8. The number of hydrogen-bond donors (Lipinski definition) is 0. The number of alkyl halides is 3. The van der Waals surface area contributed by atoms with Crippen LogP contribution in [0.15, 0.2) is 30.5 Å². The average Bonchev–Trinajstić information content (AvgIpc) is 2.76. The molecule has 0 N–H and O–H groups in total. The largest absolute Gasteiger partial charge is 0.417 e. The Morgan fingerprint density at radius 1 is 1.03 bits per heavy atom.